The summed E-state index contributed by atoms with van der Waals surface area (Å²) in [5.41, 5.74) is 2.82. The van der Waals surface area contributed by atoms with Crippen LogP contribution in [0.25, 0.3) is 0 Å². The average molecular weight is 405 g/mol. The van der Waals surface area contributed by atoms with Crippen molar-refractivity contribution in [1.29, 1.82) is 0 Å². The summed E-state index contributed by atoms with van der Waals surface area (Å²) in [4.78, 5) is 0. The Labute approximate surface area is 180 Å². The van der Waals surface area contributed by atoms with Gasteiger partial charge in [0.05, 0.1) is 0 Å². The SMILES string of the molecule is CC(C)CCCC(C)[C@H]1CCC2C3CC=C4C[C@@H](Cl)CC[C@]4(C)C3CC[C@@]21C. The summed E-state index contributed by atoms with van der Waals surface area (Å²) in [6.07, 6.45) is 18.0. The Morgan fingerprint density at radius 3 is 2.54 bits per heavy atom. The van der Waals surface area contributed by atoms with Gasteiger partial charge in [0.25, 0.3) is 0 Å². The van der Waals surface area contributed by atoms with E-state index in [9.17, 15) is 0 Å². The number of hydrogen-bond acceptors (Lipinski definition) is 0. The molecule has 4 rings (SSSR count). The molecular formula is C27H45Cl. The normalized spacial score (nSPS) is 46.5. The fourth-order valence-electron chi connectivity index (χ4n) is 8.64. The van der Waals surface area contributed by atoms with Crippen molar-refractivity contribution in [3.63, 3.8) is 0 Å². The molecule has 0 nitrogen and oxygen atoms in total. The maximum absolute atomic E-state index is 6.56. The van der Waals surface area contributed by atoms with Gasteiger partial charge in [0.1, 0.15) is 0 Å². The van der Waals surface area contributed by atoms with Crippen molar-refractivity contribution in [2.45, 2.75) is 111 Å². The van der Waals surface area contributed by atoms with Crippen LogP contribution in [0.3, 0.4) is 0 Å². The highest BCUT2D eigenvalue weighted by Crippen LogP contribution is 2.67. The molecule has 4 aliphatic rings. The van der Waals surface area contributed by atoms with E-state index in [1.807, 2.05) is 0 Å². The first kappa shape index (κ1) is 21.3. The molecule has 0 aromatic heterocycles. The van der Waals surface area contributed by atoms with Crippen LogP contribution >= 0.6 is 11.6 Å². The zero-order valence-corrected chi connectivity index (χ0v) is 20.0. The van der Waals surface area contributed by atoms with Crippen LogP contribution in [0.2, 0.25) is 0 Å². The van der Waals surface area contributed by atoms with Gasteiger partial charge >= 0.3 is 0 Å². The van der Waals surface area contributed by atoms with Crippen LogP contribution in [0, 0.1) is 46.3 Å². The van der Waals surface area contributed by atoms with Crippen molar-refractivity contribution in [2.24, 2.45) is 46.3 Å². The van der Waals surface area contributed by atoms with Crippen molar-refractivity contribution in [1.82, 2.24) is 0 Å². The molecule has 160 valence electrons. The molecule has 0 heterocycles. The van der Waals surface area contributed by atoms with Gasteiger partial charge in [-0.3, -0.25) is 0 Å². The molecule has 0 aliphatic heterocycles. The van der Waals surface area contributed by atoms with Gasteiger partial charge in [-0.25, -0.2) is 0 Å². The highest BCUT2D eigenvalue weighted by atomic mass is 35.5. The van der Waals surface area contributed by atoms with Crippen LogP contribution < -0.4 is 0 Å². The van der Waals surface area contributed by atoms with E-state index in [-0.39, 0.29) is 0 Å². The molecule has 0 spiro atoms. The largest absolute Gasteiger partial charge is 0.123 e. The van der Waals surface area contributed by atoms with Crippen molar-refractivity contribution < 1.29 is 0 Å². The quantitative estimate of drug-likeness (QED) is 0.317. The topological polar surface area (TPSA) is 0 Å². The summed E-state index contributed by atoms with van der Waals surface area (Å²) in [5.74, 6) is 5.62. The fraction of sp³-hybridized carbons (Fsp3) is 0.926. The number of allylic oxidation sites excluding steroid dienone is 2. The summed E-state index contributed by atoms with van der Waals surface area (Å²) in [7, 11) is 0. The Hall–Kier alpha value is 0.0300. The Balaban J connectivity index is 1.49. The van der Waals surface area contributed by atoms with E-state index >= 15 is 0 Å². The monoisotopic (exact) mass is 404 g/mol. The number of alkyl halides is 1. The molecule has 4 aliphatic carbocycles. The number of fused-ring (bicyclic) bond motifs is 5. The van der Waals surface area contributed by atoms with Gasteiger partial charge < -0.3 is 0 Å². The standard InChI is InChI=1S/C27H45Cl/c1-18(2)7-6-8-19(3)23-11-12-24-22-10-9-20-17-21(28)13-15-26(20,4)25(22)14-16-27(23,24)5/h9,18-19,21-25H,6-8,10-17H2,1-5H3/t19?,21-,22?,23+,24?,25?,26-,27+/m0/s1. The molecule has 4 unspecified atom stereocenters. The third kappa shape index (κ3) is 3.52. The van der Waals surface area contributed by atoms with E-state index < -0.39 is 0 Å². The van der Waals surface area contributed by atoms with E-state index in [1.165, 1.54) is 70.6 Å². The van der Waals surface area contributed by atoms with Crippen LogP contribution in [-0.2, 0) is 0 Å². The lowest BCUT2D eigenvalue weighted by atomic mass is 9.47. The lowest BCUT2D eigenvalue weighted by Crippen LogP contribution is -2.50. The highest BCUT2D eigenvalue weighted by Gasteiger charge is 2.58. The first-order valence-corrected chi connectivity index (χ1v) is 13.0. The van der Waals surface area contributed by atoms with Gasteiger partial charge in [0.2, 0.25) is 0 Å². The van der Waals surface area contributed by atoms with Gasteiger partial charge in [-0.15, -0.1) is 11.6 Å². The van der Waals surface area contributed by atoms with E-state index in [4.69, 9.17) is 11.6 Å². The minimum Gasteiger partial charge on any atom is -0.123 e. The van der Waals surface area contributed by atoms with E-state index in [0.717, 1.165) is 35.5 Å². The number of halogens is 1. The van der Waals surface area contributed by atoms with E-state index in [1.54, 1.807) is 5.57 Å². The molecule has 3 saturated carbocycles. The summed E-state index contributed by atoms with van der Waals surface area (Å²) in [5, 5.41) is 0.396. The first-order chi connectivity index (χ1) is 13.3. The smallest absolute Gasteiger partial charge is 0.0373 e. The summed E-state index contributed by atoms with van der Waals surface area (Å²) in [6, 6.07) is 0. The zero-order chi connectivity index (χ0) is 20.1. The summed E-state index contributed by atoms with van der Waals surface area (Å²) in [6.45, 7) is 12.7. The molecule has 0 radical (unpaired) electrons. The molecule has 0 saturated heterocycles. The third-order valence-corrected chi connectivity index (χ3v) is 10.6. The van der Waals surface area contributed by atoms with Gasteiger partial charge in [0, 0.05) is 5.38 Å². The highest BCUT2D eigenvalue weighted by molar-refractivity contribution is 6.20. The second-order valence-electron chi connectivity index (χ2n) is 12.1. The van der Waals surface area contributed by atoms with E-state index in [2.05, 4.69) is 40.7 Å². The lowest BCUT2D eigenvalue weighted by molar-refractivity contribution is -0.0498. The predicted octanol–water partition coefficient (Wildman–Crippen LogP) is 8.64. The van der Waals surface area contributed by atoms with Crippen LogP contribution in [0.1, 0.15) is 105 Å². The van der Waals surface area contributed by atoms with Crippen LogP contribution in [0.4, 0.5) is 0 Å². The summed E-state index contributed by atoms with van der Waals surface area (Å²) >= 11 is 6.56. The van der Waals surface area contributed by atoms with Crippen molar-refractivity contribution >= 4 is 11.6 Å². The molecule has 1 heteroatoms. The lowest BCUT2D eigenvalue weighted by Gasteiger charge is -2.58. The second-order valence-corrected chi connectivity index (χ2v) is 12.7. The predicted molar refractivity (Wildman–Crippen MR) is 123 cm³/mol. The van der Waals surface area contributed by atoms with Gasteiger partial charge in [-0.2, -0.15) is 0 Å². The van der Waals surface area contributed by atoms with Crippen molar-refractivity contribution in [3.05, 3.63) is 11.6 Å². The molecule has 0 bridgehead atoms. The number of rotatable bonds is 5. The maximum Gasteiger partial charge on any atom is 0.0373 e. The fourth-order valence-corrected chi connectivity index (χ4v) is 8.92. The molecule has 0 aromatic rings. The molecule has 3 fully saturated rings. The van der Waals surface area contributed by atoms with E-state index in [0.29, 0.717) is 16.2 Å². The Kier molecular flexibility index (Phi) is 6.03. The molecule has 0 amide bonds. The minimum atomic E-state index is 0.396. The average Bonchev–Trinajstić information content (AvgIpc) is 2.99. The Morgan fingerprint density at radius 2 is 1.79 bits per heavy atom. The molecule has 0 aromatic carbocycles. The zero-order valence-electron chi connectivity index (χ0n) is 19.3. The first-order valence-electron chi connectivity index (χ1n) is 12.6. The maximum atomic E-state index is 6.56. The second kappa shape index (κ2) is 7.94. The van der Waals surface area contributed by atoms with Gasteiger partial charge in [-0.1, -0.05) is 65.5 Å². The third-order valence-electron chi connectivity index (χ3n) is 10.2. The molecule has 8 atom stereocenters. The number of hydrogen-bond donors (Lipinski definition) is 0. The van der Waals surface area contributed by atoms with Crippen LogP contribution in [0.5, 0.6) is 0 Å². The van der Waals surface area contributed by atoms with Crippen LogP contribution in [0.15, 0.2) is 11.6 Å². The van der Waals surface area contributed by atoms with Gasteiger partial charge in [0.15, 0.2) is 0 Å². The van der Waals surface area contributed by atoms with Crippen molar-refractivity contribution in [2.75, 3.05) is 0 Å². The summed E-state index contributed by atoms with van der Waals surface area (Å²) < 4.78 is 0. The Bertz CT molecular complexity index is 591. The van der Waals surface area contributed by atoms with Crippen molar-refractivity contribution in [3.8, 4) is 0 Å². The molecular weight excluding hydrogens is 360 g/mol. The minimum absolute atomic E-state index is 0.396. The van der Waals surface area contributed by atoms with Crippen LogP contribution in [-0.4, -0.2) is 5.38 Å². The molecule has 0 N–H and O–H groups in total. The Morgan fingerprint density at radius 1 is 1.00 bits per heavy atom. The van der Waals surface area contributed by atoms with Gasteiger partial charge in [-0.05, 0) is 97.7 Å². The molecule has 28 heavy (non-hydrogen) atoms.